The molecule has 0 saturated carbocycles. The number of rotatable bonds is 9. The summed E-state index contributed by atoms with van der Waals surface area (Å²) in [6, 6.07) is 0. The van der Waals surface area contributed by atoms with Crippen molar-refractivity contribution >= 4 is 11.6 Å². The molecule has 0 aliphatic heterocycles. The summed E-state index contributed by atoms with van der Waals surface area (Å²) in [6.07, 6.45) is 3.35. The predicted molar refractivity (Wildman–Crippen MR) is 76.6 cm³/mol. The lowest BCUT2D eigenvalue weighted by atomic mass is 10.2. The van der Waals surface area contributed by atoms with Crippen molar-refractivity contribution in [1.82, 2.24) is 9.97 Å². The fraction of sp³-hybridized carbons (Fsp3) is 0.692. The summed E-state index contributed by atoms with van der Waals surface area (Å²) in [6.45, 7) is 5.99. The average Bonchev–Trinajstić information content (AvgIpc) is 2.44. The first-order valence-electron chi connectivity index (χ1n) is 6.82. The van der Waals surface area contributed by atoms with Gasteiger partial charge in [0, 0.05) is 25.2 Å². The summed E-state index contributed by atoms with van der Waals surface area (Å²) >= 11 is 0. The van der Waals surface area contributed by atoms with Crippen molar-refractivity contribution in [2.24, 2.45) is 0 Å². The van der Waals surface area contributed by atoms with Crippen LogP contribution < -0.4 is 10.2 Å². The highest BCUT2D eigenvalue weighted by molar-refractivity contribution is 5.58. The second-order valence-electron chi connectivity index (χ2n) is 4.24. The van der Waals surface area contributed by atoms with Gasteiger partial charge in [-0.25, -0.2) is 9.97 Å². The normalized spacial score (nSPS) is 10.5. The number of aromatic nitrogens is 2. The molecule has 0 saturated heterocycles. The Morgan fingerprint density at radius 2 is 1.84 bits per heavy atom. The minimum absolute atomic E-state index is 0.0326. The fourth-order valence-electron chi connectivity index (χ4n) is 1.96. The van der Waals surface area contributed by atoms with E-state index in [1.54, 1.807) is 0 Å². The molecule has 0 radical (unpaired) electrons. The zero-order valence-electron chi connectivity index (χ0n) is 11.8. The highest BCUT2D eigenvalue weighted by Gasteiger charge is 2.15. The molecule has 1 aromatic heterocycles. The van der Waals surface area contributed by atoms with Crippen molar-refractivity contribution < 1.29 is 10.2 Å². The van der Waals surface area contributed by atoms with E-state index in [0.717, 1.165) is 36.6 Å². The van der Waals surface area contributed by atoms with Gasteiger partial charge in [-0.15, -0.1) is 0 Å². The number of hydrogen-bond donors (Lipinski definition) is 3. The summed E-state index contributed by atoms with van der Waals surface area (Å²) in [7, 11) is 0. The van der Waals surface area contributed by atoms with Crippen LogP contribution in [0.15, 0.2) is 6.33 Å². The molecule has 0 spiro atoms. The van der Waals surface area contributed by atoms with E-state index in [1.807, 2.05) is 4.90 Å². The lowest BCUT2D eigenvalue weighted by Crippen LogP contribution is -2.31. The SMILES string of the molecule is CCCNc1ncnc(N(CCO)CCO)c1CC. The Hall–Kier alpha value is -1.40. The van der Waals surface area contributed by atoms with Crippen LogP contribution in [0.25, 0.3) is 0 Å². The second kappa shape index (κ2) is 8.66. The number of aliphatic hydroxyl groups excluding tert-OH is 2. The van der Waals surface area contributed by atoms with Crippen molar-refractivity contribution in [3.05, 3.63) is 11.9 Å². The highest BCUT2D eigenvalue weighted by Crippen LogP contribution is 2.23. The van der Waals surface area contributed by atoms with Gasteiger partial charge in [0.25, 0.3) is 0 Å². The van der Waals surface area contributed by atoms with E-state index < -0.39 is 0 Å². The van der Waals surface area contributed by atoms with Gasteiger partial charge in [-0.3, -0.25) is 0 Å². The second-order valence-corrected chi connectivity index (χ2v) is 4.24. The van der Waals surface area contributed by atoms with Crippen LogP contribution in [-0.2, 0) is 6.42 Å². The lowest BCUT2D eigenvalue weighted by Gasteiger charge is -2.25. The van der Waals surface area contributed by atoms with E-state index >= 15 is 0 Å². The maximum Gasteiger partial charge on any atom is 0.137 e. The zero-order chi connectivity index (χ0) is 14.1. The summed E-state index contributed by atoms with van der Waals surface area (Å²) in [5, 5.41) is 21.5. The number of anilines is 2. The molecule has 0 unspecified atom stereocenters. The minimum Gasteiger partial charge on any atom is -0.395 e. The number of aliphatic hydroxyl groups is 2. The Bertz CT molecular complexity index is 368. The van der Waals surface area contributed by atoms with Crippen LogP contribution in [-0.4, -0.2) is 53.0 Å². The molecule has 1 rings (SSSR count). The molecule has 0 aromatic carbocycles. The molecule has 6 nitrogen and oxygen atoms in total. The van der Waals surface area contributed by atoms with Crippen molar-refractivity contribution in [1.29, 1.82) is 0 Å². The molecular weight excluding hydrogens is 244 g/mol. The quantitative estimate of drug-likeness (QED) is 0.610. The van der Waals surface area contributed by atoms with Gasteiger partial charge in [-0.2, -0.15) is 0 Å². The van der Waals surface area contributed by atoms with E-state index in [0.29, 0.717) is 13.1 Å². The Labute approximate surface area is 114 Å². The summed E-state index contributed by atoms with van der Waals surface area (Å²) in [5.41, 5.74) is 1.03. The Kier molecular flexibility index (Phi) is 7.14. The number of hydrogen-bond acceptors (Lipinski definition) is 6. The van der Waals surface area contributed by atoms with Crippen LogP contribution in [0, 0.1) is 0 Å². The van der Waals surface area contributed by atoms with Crippen LogP contribution in [0.5, 0.6) is 0 Å². The summed E-state index contributed by atoms with van der Waals surface area (Å²) in [5.74, 6) is 1.63. The first kappa shape index (κ1) is 15.7. The molecule has 1 aromatic rings. The van der Waals surface area contributed by atoms with Crippen molar-refractivity contribution in [2.45, 2.75) is 26.7 Å². The van der Waals surface area contributed by atoms with Gasteiger partial charge in [-0.1, -0.05) is 13.8 Å². The highest BCUT2D eigenvalue weighted by atomic mass is 16.3. The molecule has 108 valence electrons. The maximum absolute atomic E-state index is 9.12. The van der Waals surface area contributed by atoms with Crippen molar-refractivity contribution in [3.63, 3.8) is 0 Å². The van der Waals surface area contributed by atoms with Crippen LogP contribution in [0.3, 0.4) is 0 Å². The monoisotopic (exact) mass is 268 g/mol. The molecular formula is C13H24N4O2. The van der Waals surface area contributed by atoms with E-state index in [4.69, 9.17) is 10.2 Å². The molecule has 3 N–H and O–H groups in total. The number of nitrogens with one attached hydrogen (secondary N) is 1. The van der Waals surface area contributed by atoms with Crippen LogP contribution in [0.2, 0.25) is 0 Å². The van der Waals surface area contributed by atoms with Crippen molar-refractivity contribution in [2.75, 3.05) is 43.1 Å². The smallest absolute Gasteiger partial charge is 0.137 e. The Morgan fingerprint density at radius 1 is 1.16 bits per heavy atom. The third-order valence-corrected chi connectivity index (χ3v) is 2.86. The molecule has 0 atom stereocenters. The molecule has 6 heteroatoms. The van der Waals surface area contributed by atoms with E-state index in [2.05, 4.69) is 29.1 Å². The number of nitrogens with zero attached hydrogens (tertiary/aromatic N) is 3. The van der Waals surface area contributed by atoms with Crippen LogP contribution >= 0.6 is 0 Å². The third kappa shape index (κ3) is 4.33. The molecule has 1 heterocycles. The molecule has 0 aliphatic carbocycles. The lowest BCUT2D eigenvalue weighted by molar-refractivity contribution is 0.280. The van der Waals surface area contributed by atoms with Gasteiger partial charge >= 0.3 is 0 Å². The average molecular weight is 268 g/mol. The molecule has 0 fully saturated rings. The summed E-state index contributed by atoms with van der Waals surface area (Å²) < 4.78 is 0. The fourth-order valence-corrected chi connectivity index (χ4v) is 1.96. The predicted octanol–water partition coefficient (Wildman–Crippen LogP) is 0.652. The molecule has 19 heavy (non-hydrogen) atoms. The van der Waals surface area contributed by atoms with Gasteiger partial charge in [0.2, 0.25) is 0 Å². The minimum atomic E-state index is 0.0326. The van der Waals surface area contributed by atoms with Gasteiger partial charge in [0.05, 0.1) is 13.2 Å². The van der Waals surface area contributed by atoms with E-state index in [9.17, 15) is 0 Å². The standard InChI is InChI=1S/C13H24N4O2/c1-3-5-14-12-11(4-2)13(16-10-15-12)17(6-8-18)7-9-19/h10,18-19H,3-9H2,1-2H3,(H,14,15,16). The van der Waals surface area contributed by atoms with Crippen LogP contribution in [0.4, 0.5) is 11.6 Å². The van der Waals surface area contributed by atoms with E-state index in [-0.39, 0.29) is 13.2 Å². The van der Waals surface area contributed by atoms with Gasteiger partial charge in [-0.05, 0) is 12.8 Å². The Balaban J connectivity index is 3.02. The molecule has 0 aliphatic rings. The van der Waals surface area contributed by atoms with Crippen LogP contribution in [0.1, 0.15) is 25.8 Å². The largest absolute Gasteiger partial charge is 0.395 e. The molecule has 0 bridgehead atoms. The topological polar surface area (TPSA) is 81.5 Å². The first-order chi connectivity index (χ1) is 9.28. The van der Waals surface area contributed by atoms with Gasteiger partial charge < -0.3 is 20.4 Å². The Morgan fingerprint density at radius 3 is 2.37 bits per heavy atom. The van der Waals surface area contributed by atoms with Crippen molar-refractivity contribution in [3.8, 4) is 0 Å². The maximum atomic E-state index is 9.12. The zero-order valence-corrected chi connectivity index (χ0v) is 11.8. The van der Waals surface area contributed by atoms with E-state index in [1.165, 1.54) is 6.33 Å². The summed E-state index contributed by atoms with van der Waals surface area (Å²) in [4.78, 5) is 10.5. The van der Waals surface area contributed by atoms with Gasteiger partial charge in [0.15, 0.2) is 0 Å². The van der Waals surface area contributed by atoms with Gasteiger partial charge in [0.1, 0.15) is 18.0 Å². The first-order valence-corrected chi connectivity index (χ1v) is 6.82. The molecule has 0 amide bonds. The third-order valence-electron chi connectivity index (χ3n) is 2.86.